The molecular formula is C18H22NO2+. The molecule has 0 amide bonds. The van der Waals surface area contributed by atoms with Gasteiger partial charge in [0.1, 0.15) is 13.1 Å². The summed E-state index contributed by atoms with van der Waals surface area (Å²) >= 11 is 0. The fourth-order valence-corrected chi connectivity index (χ4v) is 3.31. The number of Topliss-reactive ketones (excluding diaryl/α,β-unsaturated/α-hetero) is 1. The second kappa shape index (κ2) is 6.27. The van der Waals surface area contributed by atoms with E-state index >= 15 is 0 Å². The van der Waals surface area contributed by atoms with Gasteiger partial charge in [-0.3, -0.25) is 4.79 Å². The average Bonchev–Trinajstić information content (AvgIpc) is 3.01. The predicted molar refractivity (Wildman–Crippen MR) is 81.9 cm³/mol. The first kappa shape index (κ1) is 14.1. The lowest BCUT2D eigenvalue weighted by atomic mass is 10.0. The SMILES string of the molecule is O=C(C[N+]1(Cc2ccco2)CCCCC1)c1ccccc1. The van der Waals surface area contributed by atoms with E-state index in [9.17, 15) is 4.79 Å². The summed E-state index contributed by atoms with van der Waals surface area (Å²) in [6, 6.07) is 13.6. The number of ketones is 1. The summed E-state index contributed by atoms with van der Waals surface area (Å²) in [7, 11) is 0. The van der Waals surface area contributed by atoms with Gasteiger partial charge in [0.25, 0.3) is 0 Å². The monoisotopic (exact) mass is 284 g/mol. The highest BCUT2D eigenvalue weighted by Gasteiger charge is 2.33. The number of quaternary nitrogens is 1. The van der Waals surface area contributed by atoms with Crippen LogP contribution in [-0.2, 0) is 6.54 Å². The smallest absolute Gasteiger partial charge is 0.216 e. The number of nitrogens with zero attached hydrogens (tertiary/aromatic N) is 1. The van der Waals surface area contributed by atoms with Gasteiger partial charge >= 0.3 is 0 Å². The van der Waals surface area contributed by atoms with E-state index < -0.39 is 0 Å². The number of carbonyl (C=O) groups is 1. The number of furan rings is 1. The summed E-state index contributed by atoms with van der Waals surface area (Å²) in [5, 5.41) is 0. The van der Waals surface area contributed by atoms with Gasteiger partial charge in [-0.25, -0.2) is 0 Å². The van der Waals surface area contributed by atoms with E-state index in [2.05, 4.69) is 0 Å². The van der Waals surface area contributed by atoms with Crippen molar-refractivity contribution in [3.05, 3.63) is 60.1 Å². The van der Waals surface area contributed by atoms with E-state index in [-0.39, 0.29) is 5.78 Å². The number of likely N-dealkylation sites (tertiary alicyclic amines) is 1. The number of rotatable bonds is 5. The summed E-state index contributed by atoms with van der Waals surface area (Å²) < 4.78 is 6.36. The molecule has 1 aromatic heterocycles. The zero-order valence-electron chi connectivity index (χ0n) is 12.3. The van der Waals surface area contributed by atoms with E-state index in [0.717, 1.165) is 35.4 Å². The van der Waals surface area contributed by atoms with Crippen molar-refractivity contribution in [3.8, 4) is 0 Å². The third kappa shape index (κ3) is 3.42. The quantitative estimate of drug-likeness (QED) is 0.619. The maximum Gasteiger partial charge on any atom is 0.216 e. The minimum Gasteiger partial charge on any atom is -0.463 e. The maximum absolute atomic E-state index is 12.6. The Balaban J connectivity index is 1.77. The van der Waals surface area contributed by atoms with Crippen LogP contribution in [0.3, 0.4) is 0 Å². The van der Waals surface area contributed by atoms with Gasteiger partial charge in [-0.1, -0.05) is 30.3 Å². The Labute approximate surface area is 125 Å². The van der Waals surface area contributed by atoms with Gasteiger partial charge in [-0.2, -0.15) is 0 Å². The van der Waals surface area contributed by atoms with Crippen LogP contribution in [0.25, 0.3) is 0 Å². The summed E-state index contributed by atoms with van der Waals surface area (Å²) in [4.78, 5) is 12.6. The van der Waals surface area contributed by atoms with Gasteiger partial charge < -0.3 is 8.90 Å². The van der Waals surface area contributed by atoms with Crippen molar-refractivity contribution in [1.82, 2.24) is 0 Å². The van der Waals surface area contributed by atoms with E-state index in [1.54, 1.807) is 6.26 Å². The first-order valence-corrected chi connectivity index (χ1v) is 7.73. The van der Waals surface area contributed by atoms with Gasteiger partial charge in [0.15, 0.2) is 5.76 Å². The molecule has 1 saturated heterocycles. The van der Waals surface area contributed by atoms with Gasteiger partial charge in [0.2, 0.25) is 5.78 Å². The molecule has 1 aromatic carbocycles. The molecule has 3 nitrogen and oxygen atoms in total. The molecule has 2 heterocycles. The first-order valence-electron chi connectivity index (χ1n) is 7.73. The van der Waals surface area contributed by atoms with Crippen molar-refractivity contribution in [2.75, 3.05) is 19.6 Å². The normalized spacial score (nSPS) is 17.5. The van der Waals surface area contributed by atoms with Crippen LogP contribution in [0.2, 0.25) is 0 Å². The molecule has 3 heteroatoms. The second-order valence-corrected chi connectivity index (χ2v) is 6.03. The standard InChI is InChI=1S/C18H22NO2/c20-18(16-8-3-1-4-9-16)15-19(11-5-2-6-12-19)14-17-10-7-13-21-17/h1,3-4,7-10,13H,2,5-6,11-12,14-15H2/q+1. The number of hydrogen-bond acceptors (Lipinski definition) is 2. The van der Waals surface area contributed by atoms with E-state index in [0.29, 0.717) is 6.54 Å². The van der Waals surface area contributed by atoms with E-state index in [4.69, 9.17) is 4.42 Å². The van der Waals surface area contributed by atoms with Crippen LogP contribution in [0.1, 0.15) is 35.4 Å². The lowest BCUT2D eigenvalue weighted by molar-refractivity contribution is -0.938. The molecule has 1 aliphatic heterocycles. The molecule has 0 atom stereocenters. The summed E-state index contributed by atoms with van der Waals surface area (Å²) in [5.74, 6) is 1.22. The van der Waals surface area contributed by atoms with Crippen LogP contribution in [0.15, 0.2) is 53.1 Å². The number of piperidine rings is 1. The Hall–Kier alpha value is -1.87. The third-order valence-corrected chi connectivity index (χ3v) is 4.41. The number of carbonyl (C=O) groups excluding carboxylic acids is 1. The molecule has 1 aliphatic rings. The van der Waals surface area contributed by atoms with Crippen molar-refractivity contribution in [3.63, 3.8) is 0 Å². The third-order valence-electron chi connectivity index (χ3n) is 4.41. The summed E-state index contributed by atoms with van der Waals surface area (Å²) in [6.45, 7) is 3.54. The average molecular weight is 284 g/mol. The highest BCUT2D eigenvalue weighted by molar-refractivity contribution is 5.96. The van der Waals surface area contributed by atoms with E-state index in [1.165, 1.54) is 19.3 Å². The van der Waals surface area contributed by atoms with Crippen LogP contribution in [0, 0.1) is 0 Å². The Morgan fingerprint density at radius 2 is 1.76 bits per heavy atom. The van der Waals surface area contributed by atoms with Crippen molar-refractivity contribution in [2.24, 2.45) is 0 Å². The molecular weight excluding hydrogens is 262 g/mol. The minimum atomic E-state index is 0.240. The molecule has 0 aliphatic carbocycles. The molecule has 21 heavy (non-hydrogen) atoms. The molecule has 0 unspecified atom stereocenters. The highest BCUT2D eigenvalue weighted by atomic mass is 16.3. The maximum atomic E-state index is 12.6. The molecule has 2 aromatic rings. The topological polar surface area (TPSA) is 30.2 Å². The van der Waals surface area contributed by atoms with Crippen molar-refractivity contribution in [2.45, 2.75) is 25.8 Å². The minimum absolute atomic E-state index is 0.240. The van der Waals surface area contributed by atoms with Crippen molar-refractivity contribution < 1.29 is 13.7 Å². The van der Waals surface area contributed by atoms with E-state index in [1.807, 2.05) is 42.5 Å². The van der Waals surface area contributed by atoms with Crippen LogP contribution < -0.4 is 0 Å². The fraction of sp³-hybridized carbons (Fsp3) is 0.389. The number of hydrogen-bond donors (Lipinski definition) is 0. The van der Waals surface area contributed by atoms with Crippen LogP contribution in [0.5, 0.6) is 0 Å². The fourth-order valence-electron chi connectivity index (χ4n) is 3.31. The second-order valence-electron chi connectivity index (χ2n) is 6.03. The molecule has 0 radical (unpaired) electrons. The van der Waals surface area contributed by atoms with Crippen molar-refractivity contribution in [1.29, 1.82) is 0 Å². The van der Waals surface area contributed by atoms with Gasteiger partial charge in [0.05, 0.1) is 19.4 Å². The predicted octanol–water partition coefficient (Wildman–Crippen LogP) is 3.66. The summed E-state index contributed by atoms with van der Waals surface area (Å²) in [6.07, 6.45) is 5.39. The molecule has 3 rings (SSSR count). The largest absolute Gasteiger partial charge is 0.463 e. The molecule has 0 saturated carbocycles. The zero-order chi connectivity index (χ0) is 14.5. The molecule has 1 fully saturated rings. The van der Waals surface area contributed by atoms with Crippen LogP contribution >= 0.6 is 0 Å². The lowest BCUT2D eigenvalue weighted by Gasteiger charge is -2.40. The lowest BCUT2D eigenvalue weighted by Crippen LogP contribution is -2.53. The molecule has 110 valence electrons. The Kier molecular flexibility index (Phi) is 4.20. The van der Waals surface area contributed by atoms with Gasteiger partial charge in [-0.05, 0) is 31.4 Å². The first-order chi connectivity index (χ1) is 10.3. The Morgan fingerprint density at radius 1 is 1.00 bits per heavy atom. The zero-order valence-corrected chi connectivity index (χ0v) is 12.3. The summed E-state index contributed by atoms with van der Waals surface area (Å²) in [5.41, 5.74) is 0.819. The molecule has 0 spiro atoms. The van der Waals surface area contributed by atoms with Crippen molar-refractivity contribution >= 4 is 5.78 Å². The van der Waals surface area contributed by atoms with Gasteiger partial charge in [0, 0.05) is 5.56 Å². The van der Waals surface area contributed by atoms with Gasteiger partial charge in [-0.15, -0.1) is 0 Å². The number of benzene rings is 1. The Bertz CT molecular complexity index is 569. The molecule has 0 N–H and O–H groups in total. The highest BCUT2D eigenvalue weighted by Crippen LogP contribution is 2.24. The Morgan fingerprint density at radius 3 is 2.43 bits per heavy atom. The molecule has 0 bridgehead atoms. The van der Waals surface area contributed by atoms with Crippen LogP contribution in [-0.4, -0.2) is 29.9 Å². The van der Waals surface area contributed by atoms with Crippen LogP contribution in [0.4, 0.5) is 0 Å².